The van der Waals surface area contributed by atoms with E-state index in [1.165, 1.54) is 17.1 Å². The Kier molecular flexibility index (Phi) is 6.85. The second kappa shape index (κ2) is 9.35. The van der Waals surface area contributed by atoms with Crippen LogP contribution in [0.1, 0.15) is 25.2 Å². The lowest BCUT2D eigenvalue weighted by molar-refractivity contribution is -0.133. The second-order valence-electron chi connectivity index (χ2n) is 8.16. The van der Waals surface area contributed by atoms with Crippen LogP contribution in [-0.2, 0) is 24.9 Å². The molecule has 0 radical (unpaired) electrons. The Bertz CT molecular complexity index is 822. The third-order valence-electron chi connectivity index (χ3n) is 5.78. The fourth-order valence-corrected chi connectivity index (χ4v) is 3.95. The molecule has 158 valence electrons. The molecule has 0 atom stereocenters. The zero-order valence-corrected chi connectivity index (χ0v) is 18.4. The quantitative estimate of drug-likeness (QED) is 0.719. The first-order valence-electron chi connectivity index (χ1n) is 10.4. The van der Waals surface area contributed by atoms with Crippen molar-refractivity contribution in [1.82, 2.24) is 14.4 Å². The van der Waals surface area contributed by atoms with Crippen molar-refractivity contribution in [2.75, 3.05) is 45.2 Å². The van der Waals surface area contributed by atoms with Gasteiger partial charge in [0.25, 0.3) is 0 Å². The van der Waals surface area contributed by atoms with Crippen molar-refractivity contribution >= 4 is 11.6 Å². The van der Waals surface area contributed by atoms with Gasteiger partial charge < -0.3 is 19.1 Å². The van der Waals surface area contributed by atoms with Crippen LogP contribution in [0.25, 0.3) is 0 Å². The van der Waals surface area contributed by atoms with Crippen LogP contribution >= 0.6 is 0 Å². The second-order valence-corrected chi connectivity index (χ2v) is 8.16. The van der Waals surface area contributed by atoms with Gasteiger partial charge in [-0.25, -0.2) is 0 Å². The summed E-state index contributed by atoms with van der Waals surface area (Å²) >= 11 is 0. The van der Waals surface area contributed by atoms with Gasteiger partial charge in [-0.1, -0.05) is 26.0 Å². The largest absolute Gasteiger partial charge is 0.495 e. The highest BCUT2D eigenvalue weighted by atomic mass is 16.5. The molecule has 0 saturated carbocycles. The van der Waals surface area contributed by atoms with Crippen LogP contribution in [0.3, 0.4) is 0 Å². The zero-order valence-electron chi connectivity index (χ0n) is 18.4. The summed E-state index contributed by atoms with van der Waals surface area (Å²) in [7, 11) is 5.71. The molecule has 29 heavy (non-hydrogen) atoms. The SMILES string of the molecule is COc1ccccc1N1CCN(Cc2ccc(CN(C)C(=O)C(C)C)n2C)CC1. The molecule has 1 aromatic heterocycles. The molecule has 0 bridgehead atoms. The summed E-state index contributed by atoms with van der Waals surface area (Å²) in [6.45, 7) is 9.48. The van der Waals surface area contributed by atoms with Crippen LogP contribution in [0.2, 0.25) is 0 Å². The van der Waals surface area contributed by atoms with Crippen LogP contribution in [0.15, 0.2) is 36.4 Å². The summed E-state index contributed by atoms with van der Waals surface area (Å²) in [5.41, 5.74) is 3.63. The lowest BCUT2D eigenvalue weighted by atomic mass is 10.2. The van der Waals surface area contributed by atoms with Crippen molar-refractivity contribution in [3.63, 3.8) is 0 Å². The van der Waals surface area contributed by atoms with Gasteiger partial charge in [-0.05, 0) is 24.3 Å². The lowest BCUT2D eigenvalue weighted by Gasteiger charge is -2.36. The zero-order chi connectivity index (χ0) is 21.0. The van der Waals surface area contributed by atoms with Gasteiger partial charge >= 0.3 is 0 Å². The number of carbonyl (C=O) groups is 1. The molecule has 1 aromatic carbocycles. The van der Waals surface area contributed by atoms with E-state index in [-0.39, 0.29) is 11.8 Å². The average molecular weight is 399 g/mol. The third kappa shape index (κ3) is 4.93. The van der Waals surface area contributed by atoms with Crippen LogP contribution in [0.4, 0.5) is 5.69 Å². The van der Waals surface area contributed by atoms with Gasteiger partial charge in [0, 0.05) is 64.1 Å². The first kappa shape index (κ1) is 21.2. The Morgan fingerprint density at radius 1 is 1.07 bits per heavy atom. The monoisotopic (exact) mass is 398 g/mol. The van der Waals surface area contributed by atoms with E-state index in [1.54, 1.807) is 7.11 Å². The van der Waals surface area contributed by atoms with Crippen molar-refractivity contribution in [1.29, 1.82) is 0 Å². The van der Waals surface area contributed by atoms with E-state index < -0.39 is 0 Å². The molecule has 0 spiro atoms. The molecule has 0 aliphatic carbocycles. The molecule has 2 aromatic rings. The number of hydrogen-bond donors (Lipinski definition) is 0. The Morgan fingerprint density at radius 2 is 1.72 bits per heavy atom. The van der Waals surface area contributed by atoms with Gasteiger partial charge in [0.2, 0.25) is 5.91 Å². The first-order chi connectivity index (χ1) is 13.9. The molecule has 6 nitrogen and oxygen atoms in total. The number of para-hydroxylation sites is 2. The number of amides is 1. The molecule has 2 heterocycles. The predicted octanol–water partition coefficient (Wildman–Crippen LogP) is 2.97. The molecular weight excluding hydrogens is 364 g/mol. The number of piperazine rings is 1. The van der Waals surface area contributed by atoms with E-state index >= 15 is 0 Å². The highest BCUT2D eigenvalue weighted by Crippen LogP contribution is 2.28. The van der Waals surface area contributed by atoms with Crippen molar-refractivity contribution in [3.05, 3.63) is 47.8 Å². The van der Waals surface area contributed by atoms with Crippen molar-refractivity contribution in [3.8, 4) is 5.75 Å². The normalized spacial score (nSPS) is 15.0. The number of benzene rings is 1. The Hall–Kier alpha value is -2.47. The summed E-state index contributed by atoms with van der Waals surface area (Å²) in [4.78, 5) is 18.9. The Morgan fingerprint density at radius 3 is 2.38 bits per heavy atom. The van der Waals surface area contributed by atoms with Gasteiger partial charge in [-0.3, -0.25) is 9.69 Å². The van der Waals surface area contributed by atoms with E-state index in [0.717, 1.165) is 38.5 Å². The summed E-state index contributed by atoms with van der Waals surface area (Å²) < 4.78 is 7.75. The van der Waals surface area contributed by atoms with Crippen molar-refractivity contribution in [2.24, 2.45) is 13.0 Å². The number of carbonyl (C=O) groups excluding carboxylic acids is 1. The summed E-state index contributed by atoms with van der Waals surface area (Å²) in [6.07, 6.45) is 0. The topological polar surface area (TPSA) is 41.0 Å². The molecule has 0 unspecified atom stereocenters. The maximum absolute atomic E-state index is 12.2. The van der Waals surface area contributed by atoms with E-state index in [2.05, 4.69) is 45.7 Å². The molecule has 1 fully saturated rings. The van der Waals surface area contributed by atoms with E-state index in [9.17, 15) is 4.79 Å². The Labute approximate surface area is 174 Å². The molecule has 1 aliphatic heterocycles. The molecule has 1 saturated heterocycles. The van der Waals surface area contributed by atoms with Crippen molar-refractivity contribution in [2.45, 2.75) is 26.9 Å². The average Bonchev–Trinajstić information content (AvgIpc) is 3.07. The van der Waals surface area contributed by atoms with Crippen LogP contribution < -0.4 is 9.64 Å². The minimum Gasteiger partial charge on any atom is -0.495 e. The maximum atomic E-state index is 12.2. The number of anilines is 1. The van der Waals surface area contributed by atoms with E-state index in [1.807, 2.05) is 37.9 Å². The third-order valence-corrected chi connectivity index (χ3v) is 5.78. The molecule has 6 heteroatoms. The van der Waals surface area contributed by atoms with E-state index in [0.29, 0.717) is 6.54 Å². The number of methoxy groups -OCH3 is 1. The van der Waals surface area contributed by atoms with Crippen LogP contribution in [-0.4, -0.2) is 60.6 Å². The molecule has 1 amide bonds. The van der Waals surface area contributed by atoms with Crippen molar-refractivity contribution < 1.29 is 9.53 Å². The Balaban J connectivity index is 1.57. The van der Waals surface area contributed by atoms with Gasteiger partial charge in [0.15, 0.2) is 0 Å². The number of rotatable bonds is 7. The van der Waals surface area contributed by atoms with Crippen LogP contribution in [0, 0.1) is 5.92 Å². The predicted molar refractivity (Wildman–Crippen MR) is 117 cm³/mol. The number of nitrogens with zero attached hydrogens (tertiary/aromatic N) is 4. The number of ether oxygens (including phenoxy) is 1. The minimum absolute atomic E-state index is 0.0271. The van der Waals surface area contributed by atoms with Gasteiger partial charge in [0.05, 0.1) is 19.3 Å². The fourth-order valence-electron chi connectivity index (χ4n) is 3.95. The summed E-state index contributed by atoms with van der Waals surface area (Å²) in [6, 6.07) is 12.6. The number of aromatic nitrogens is 1. The van der Waals surface area contributed by atoms with Gasteiger partial charge in [0.1, 0.15) is 5.75 Å². The van der Waals surface area contributed by atoms with Crippen LogP contribution in [0.5, 0.6) is 5.75 Å². The highest BCUT2D eigenvalue weighted by Gasteiger charge is 2.21. The maximum Gasteiger partial charge on any atom is 0.225 e. The molecule has 0 N–H and O–H groups in total. The molecular formula is C23H34N4O2. The highest BCUT2D eigenvalue weighted by molar-refractivity contribution is 5.77. The molecule has 3 rings (SSSR count). The first-order valence-corrected chi connectivity index (χ1v) is 10.4. The van der Waals surface area contributed by atoms with E-state index in [4.69, 9.17) is 4.74 Å². The summed E-state index contributed by atoms with van der Waals surface area (Å²) in [5, 5.41) is 0. The smallest absolute Gasteiger partial charge is 0.225 e. The lowest BCUT2D eigenvalue weighted by Crippen LogP contribution is -2.46. The minimum atomic E-state index is 0.0271. The number of hydrogen-bond acceptors (Lipinski definition) is 4. The fraction of sp³-hybridized carbons (Fsp3) is 0.522. The molecule has 1 aliphatic rings. The van der Waals surface area contributed by atoms with Gasteiger partial charge in [-0.15, -0.1) is 0 Å². The van der Waals surface area contributed by atoms with Gasteiger partial charge in [-0.2, -0.15) is 0 Å². The summed E-state index contributed by atoms with van der Waals surface area (Å²) in [5.74, 6) is 1.15. The standard InChI is InChI=1S/C23H34N4O2/c1-18(2)23(28)24(3)16-19-10-11-20(25(19)4)17-26-12-14-27(15-13-26)21-8-6-7-9-22(21)29-5/h6-11,18H,12-17H2,1-5H3.